The van der Waals surface area contributed by atoms with Crippen molar-refractivity contribution in [2.45, 2.75) is 44.5 Å². The topological polar surface area (TPSA) is 88.3 Å². The number of likely N-dealkylation sites (tertiary alicyclic amines) is 1. The minimum atomic E-state index is -1.01. The number of anilines is 2. The standard InChI is InChI=1S/C23H29FN6O2/c1-13-6-15-8-25-23(28-20-9-26-29(3)14(20)2)27-19(15)7-17(13)16-4-5-30(10-18(16)24)21-11-32-12-22(21)31/h6-9,16,18,21-22,31H,4-5,10-12H2,1-3H3,(H,25,27,28)/t16-,18+,21+,22-/m0/s1. The van der Waals surface area contributed by atoms with E-state index < -0.39 is 12.3 Å². The Kier molecular flexibility index (Phi) is 5.56. The number of benzene rings is 1. The van der Waals surface area contributed by atoms with Crippen molar-refractivity contribution in [1.82, 2.24) is 24.6 Å². The van der Waals surface area contributed by atoms with E-state index in [4.69, 9.17) is 4.74 Å². The van der Waals surface area contributed by atoms with Crippen LogP contribution in [-0.4, -0.2) is 74.4 Å². The molecular weight excluding hydrogens is 411 g/mol. The molecule has 0 saturated carbocycles. The molecule has 0 radical (unpaired) electrons. The van der Waals surface area contributed by atoms with Gasteiger partial charge < -0.3 is 15.2 Å². The van der Waals surface area contributed by atoms with E-state index in [1.807, 2.05) is 37.9 Å². The van der Waals surface area contributed by atoms with Crippen molar-refractivity contribution in [3.63, 3.8) is 0 Å². The van der Waals surface area contributed by atoms with Crippen molar-refractivity contribution in [2.24, 2.45) is 7.05 Å². The van der Waals surface area contributed by atoms with E-state index in [2.05, 4.69) is 20.4 Å². The Balaban J connectivity index is 1.39. The maximum atomic E-state index is 15.3. The summed E-state index contributed by atoms with van der Waals surface area (Å²) in [7, 11) is 1.88. The SMILES string of the molecule is Cc1cc2cnc(Nc3cnn(C)c3C)nc2cc1[C@@H]1CCN([C@@H]2COC[C@@H]2O)C[C@H]1F. The number of fused-ring (bicyclic) bond motifs is 1. The Hall–Kier alpha value is -2.62. The van der Waals surface area contributed by atoms with E-state index in [1.165, 1.54) is 0 Å². The molecule has 5 rings (SSSR count). The van der Waals surface area contributed by atoms with Gasteiger partial charge in [-0.05, 0) is 50.1 Å². The molecule has 0 unspecified atom stereocenters. The lowest BCUT2D eigenvalue weighted by Crippen LogP contribution is -2.50. The highest BCUT2D eigenvalue weighted by atomic mass is 19.1. The van der Waals surface area contributed by atoms with Crippen LogP contribution in [-0.2, 0) is 11.8 Å². The summed E-state index contributed by atoms with van der Waals surface area (Å²) in [6.07, 6.45) is 2.70. The van der Waals surface area contributed by atoms with Crippen molar-refractivity contribution >= 4 is 22.5 Å². The van der Waals surface area contributed by atoms with Crippen LogP contribution in [0.5, 0.6) is 0 Å². The average molecular weight is 441 g/mol. The highest BCUT2D eigenvalue weighted by molar-refractivity contribution is 5.81. The van der Waals surface area contributed by atoms with Gasteiger partial charge in [0, 0.05) is 31.1 Å². The fraction of sp³-hybridized carbons (Fsp3) is 0.522. The Labute approximate surface area is 186 Å². The van der Waals surface area contributed by atoms with Gasteiger partial charge in [0.15, 0.2) is 0 Å². The van der Waals surface area contributed by atoms with Crippen LogP contribution >= 0.6 is 0 Å². The number of halogens is 1. The second kappa shape index (κ2) is 8.38. The van der Waals surface area contributed by atoms with E-state index in [0.29, 0.717) is 32.1 Å². The minimum Gasteiger partial charge on any atom is -0.389 e. The zero-order valence-corrected chi connectivity index (χ0v) is 18.6. The van der Waals surface area contributed by atoms with Crippen molar-refractivity contribution in [3.8, 4) is 0 Å². The molecule has 8 nitrogen and oxygen atoms in total. The number of nitrogens with one attached hydrogen (secondary N) is 1. The number of aliphatic hydroxyl groups excluding tert-OH is 1. The monoisotopic (exact) mass is 440 g/mol. The maximum Gasteiger partial charge on any atom is 0.227 e. The minimum absolute atomic E-state index is 0.107. The fourth-order valence-corrected chi connectivity index (χ4v) is 4.87. The highest BCUT2D eigenvalue weighted by Gasteiger charge is 2.38. The summed E-state index contributed by atoms with van der Waals surface area (Å²) in [4.78, 5) is 11.2. The summed E-state index contributed by atoms with van der Waals surface area (Å²) in [5.74, 6) is 0.298. The molecular formula is C23H29FN6O2. The fourth-order valence-electron chi connectivity index (χ4n) is 4.87. The molecule has 9 heteroatoms. The van der Waals surface area contributed by atoms with Crippen molar-refractivity contribution < 1.29 is 14.2 Å². The number of aryl methyl sites for hydroxylation is 2. The first-order valence-corrected chi connectivity index (χ1v) is 11.1. The molecule has 2 saturated heterocycles. The van der Waals surface area contributed by atoms with Crippen molar-refractivity contribution in [2.75, 3.05) is 31.6 Å². The highest BCUT2D eigenvalue weighted by Crippen LogP contribution is 2.35. The summed E-state index contributed by atoms with van der Waals surface area (Å²) in [6, 6.07) is 3.94. The molecule has 4 atom stereocenters. The lowest BCUT2D eigenvalue weighted by atomic mass is 9.84. The van der Waals surface area contributed by atoms with E-state index in [1.54, 1.807) is 17.1 Å². The number of piperidine rings is 1. The molecule has 0 amide bonds. The molecule has 3 aromatic rings. The van der Waals surface area contributed by atoms with Crippen LogP contribution < -0.4 is 5.32 Å². The van der Waals surface area contributed by atoms with Gasteiger partial charge >= 0.3 is 0 Å². The molecule has 2 aliphatic heterocycles. The first kappa shape index (κ1) is 21.2. The Morgan fingerprint density at radius 2 is 2.06 bits per heavy atom. The largest absolute Gasteiger partial charge is 0.389 e. The third kappa shape index (κ3) is 3.85. The first-order chi connectivity index (χ1) is 15.4. The van der Waals surface area contributed by atoms with E-state index in [-0.39, 0.29) is 12.0 Å². The van der Waals surface area contributed by atoms with Crippen LogP contribution in [0.2, 0.25) is 0 Å². The zero-order chi connectivity index (χ0) is 22.4. The lowest BCUT2D eigenvalue weighted by Gasteiger charge is -2.39. The van der Waals surface area contributed by atoms with Crippen LogP contribution in [0.1, 0.15) is 29.2 Å². The molecule has 1 aromatic carbocycles. The number of hydrogen-bond acceptors (Lipinski definition) is 7. The van der Waals surface area contributed by atoms with Gasteiger partial charge in [0.2, 0.25) is 5.95 Å². The van der Waals surface area contributed by atoms with Gasteiger partial charge in [-0.25, -0.2) is 14.4 Å². The van der Waals surface area contributed by atoms with Crippen LogP contribution in [0.15, 0.2) is 24.5 Å². The number of ether oxygens (including phenoxy) is 1. The third-order valence-electron chi connectivity index (χ3n) is 6.91. The van der Waals surface area contributed by atoms with Gasteiger partial charge in [-0.1, -0.05) is 0 Å². The molecule has 0 spiro atoms. The maximum absolute atomic E-state index is 15.3. The number of hydrogen-bond donors (Lipinski definition) is 2. The summed E-state index contributed by atoms with van der Waals surface area (Å²) in [6.45, 7) is 5.85. The van der Waals surface area contributed by atoms with Crippen LogP contribution in [0, 0.1) is 13.8 Å². The van der Waals surface area contributed by atoms with Crippen molar-refractivity contribution in [1.29, 1.82) is 0 Å². The summed E-state index contributed by atoms with van der Waals surface area (Å²) >= 11 is 0. The molecule has 2 fully saturated rings. The van der Waals surface area contributed by atoms with Gasteiger partial charge in [0.1, 0.15) is 6.17 Å². The summed E-state index contributed by atoms with van der Waals surface area (Å²) in [5, 5.41) is 18.5. The summed E-state index contributed by atoms with van der Waals surface area (Å²) < 4.78 is 22.5. The molecule has 4 heterocycles. The average Bonchev–Trinajstić information content (AvgIpc) is 3.34. The number of aliphatic hydroxyl groups is 1. The number of rotatable bonds is 4. The quantitative estimate of drug-likeness (QED) is 0.645. The second-order valence-electron chi connectivity index (χ2n) is 8.93. The Morgan fingerprint density at radius 1 is 1.22 bits per heavy atom. The molecule has 2 aliphatic rings. The smallest absolute Gasteiger partial charge is 0.227 e. The Morgan fingerprint density at radius 3 is 2.75 bits per heavy atom. The first-order valence-electron chi connectivity index (χ1n) is 11.1. The molecule has 0 aliphatic carbocycles. The van der Waals surface area contributed by atoms with Gasteiger partial charge in [-0.3, -0.25) is 9.58 Å². The predicted octanol–water partition coefficient (Wildman–Crippen LogP) is 2.61. The van der Waals surface area contributed by atoms with E-state index >= 15 is 4.39 Å². The zero-order valence-electron chi connectivity index (χ0n) is 18.6. The lowest BCUT2D eigenvalue weighted by molar-refractivity contribution is 0.0352. The third-order valence-corrected chi connectivity index (χ3v) is 6.91. The second-order valence-corrected chi connectivity index (χ2v) is 8.93. The molecule has 2 N–H and O–H groups in total. The molecule has 170 valence electrons. The summed E-state index contributed by atoms with van der Waals surface area (Å²) in [5.41, 5.74) is 4.68. The van der Waals surface area contributed by atoms with Crippen LogP contribution in [0.4, 0.5) is 16.0 Å². The van der Waals surface area contributed by atoms with E-state index in [0.717, 1.165) is 40.0 Å². The van der Waals surface area contributed by atoms with Gasteiger partial charge in [-0.15, -0.1) is 0 Å². The molecule has 0 bridgehead atoms. The van der Waals surface area contributed by atoms with Crippen LogP contribution in [0.25, 0.3) is 10.9 Å². The van der Waals surface area contributed by atoms with Crippen LogP contribution in [0.3, 0.4) is 0 Å². The molecule has 32 heavy (non-hydrogen) atoms. The van der Waals surface area contributed by atoms with Gasteiger partial charge in [0.25, 0.3) is 0 Å². The van der Waals surface area contributed by atoms with E-state index in [9.17, 15) is 5.11 Å². The number of aromatic nitrogens is 4. The predicted molar refractivity (Wildman–Crippen MR) is 120 cm³/mol. The van der Waals surface area contributed by atoms with Gasteiger partial charge in [0.05, 0.1) is 48.5 Å². The normalized spacial score (nSPS) is 26.7. The van der Waals surface area contributed by atoms with Crippen molar-refractivity contribution in [3.05, 3.63) is 41.3 Å². The molecule has 2 aromatic heterocycles. The number of alkyl halides is 1. The Bertz CT molecular complexity index is 1140. The number of nitrogens with zero attached hydrogens (tertiary/aromatic N) is 5. The van der Waals surface area contributed by atoms with Gasteiger partial charge in [-0.2, -0.15) is 5.10 Å².